The van der Waals surface area contributed by atoms with Crippen molar-refractivity contribution in [2.24, 2.45) is 5.16 Å². The fourth-order valence-corrected chi connectivity index (χ4v) is 13.4. The van der Waals surface area contributed by atoms with Crippen molar-refractivity contribution in [3.8, 4) is 17.2 Å². The average Bonchev–Trinajstić information content (AvgIpc) is 3.94. The molecule has 14 nitrogen and oxygen atoms in total. The van der Waals surface area contributed by atoms with E-state index in [1.54, 1.807) is 20.4 Å². The summed E-state index contributed by atoms with van der Waals surface area (Å²) in [6.07, 6.45) is 5.89. The molecule has 2 atom stereocenters. The topological polar surface area (TPSA) is 124 Å². The van der Waals surface area contributed by atoms with Gasteiger partial charge in [0.1, 0.15) is 25.6 Å². The van der Waals surface area contributed by atoms with Crippen molar-refractivity contribution in [1.29, 1.82) is 0 Å². The molecule has 0 aliphatic carbocycles. The second-order valence-corrected chi connectivity index (χ2v) is 23.6. The van der Waals surface area contributed by atoms with Gasteiger partial charge in [-0.25, -0.2) is 0 Å². The van der Waals surface area contributed by atoms with Crippen LogP contribution in [0.1, 0.15) is 87.7 Å². The molecule has 76 heavy (non-hydrogen) atoms. The number of hydrogen-bond donors (Lipinski definition) is 0. The molecule has 4 aliphatic rings. The molecule has 2 amide bonds. The van der Waals surface area contributed by atoms with Gasteiger partial charge in [-0.15, -0.1) is 0 Å². The molecule has 0 unspecified atom stereocenters. The first kappa shape index (κ1) is 54.9. The molecule has 0 bridgehead atoms. The molecule has 4 heterocycles. The summed E-state index contributed by atoms with van der Waals surface area (Å²) in [5, 5.41) is 3.89. The number of hydrogen-bond acceptors (Lipinski definition) is 14. The van der Waals surface area contributed by atoms with Crippen molar-refractivity contribution in [2.45, 2.75) is 89.8 Å². The molecule has 4 aliphatic heterocycles. The third-order valence-electron chi connectivity index (χ3n) is 14.4. The van der Waals surface area contributed by atoms with Crippen molar-refractivity contribution < 1.29 is 42.8 Å². The molecule has 0 saturated heterocycles. The number of likely N-dealkylation sites (N-methyl/N-ethyl adjacent to an activating group) is 1. The number of amides is 2. The Hall–Kier alpha value is -5.91. The number of para-hydroxylation sites is 2. The van der Waals surface area contributed by atoms with E-state index in [0.717, 1.165) is 101 Å². The zero-order valence-corrected chi connectivity index (χ0v) is 46.8. The molecule has 5 aromatic rings. The standard InChI is InChI=1S/C60H73N5O9S2/c1-8-61-74-21-13-27-75-76-60(3,4)40-63(20-22-70-25-26-71-24-23-68-6)48-30-42(38-72-55-34-44-18-19-47-32-45-14-9-11-16-52(45)64(47)58(66)50(44)28-41(55)2)29-43(31-48)39-73-57-36-54-51(35-56(57)69-7)59(67)65-49(37-62(54)5)33-46-15-10-12-17-53(46)65/h8-12,14-17,28-31,34-36,47,49H,13,18-27,32-33,37-40H2,1-7H3/t47-,49+/m1/s1. The van der Waals surface area contributed by atoms with Gasteiger partial charge in [0.25, 0.3) is 11.8 Å². The molecule has 0 radical (unpaired) electrons. The van der Waals surface area contributed by atoms with E-state index in [2.05, 4.69) is 77.3 Å². The summed E-state index contributed by atoms with van der Waals surface area (Å²) in [5.74, 6) is 2.73. The third-order valence-corrected chi connectivity index (χ3v) is 17.7. The van der Waals surface area contributed by atoms with E-state index >= 15 is 0 Å². The zero-order chi connectivity index (χ0) is 53.2. The van der Waals surface area contributed by atoms with E-state index in [1.807, 2.05) is 94.7 Å². The molecule has 404 valence electrons. The van der Waals surface area contributed by atoms with Crippen LogP contribution in [-0.2, 0) is 51.5 Å². The highest BCUT2D eigenvalue weighted by atomic mass is 33.1. The highest BCUT2D eigenvalue weighted by Gasteiger charge is 2.40. The molecular weight excluding hydrogens is 999 g/mol. The van der Waals surface area contributed by atoms with Crippen molar-refractivity contribution in [2.75, 3.05) is 106 Å². The number of fused-ring (bicyclic) bond motifs is 8. The Kier molecular flexibility index (Phi) is 18.4. The van der Waals surface area contributed by atoms with Gasteiger partial charge < -0.3 is 52.9 Å². The maximum absolute atomic E-state index is 14.4. The maximum Gasteiger partial charge on any atom is 0.260 e. The van der Waals surface area contributed by atoms with Crippen LogP contribution in [0.4, 0.5) is 22.7 Å². The molecule has 9 rings (SSSR count). The number of rotatable bonds is 26. The number of oxime groups is 1. The summed E-state index contributed by atoms with van der Waals surface area (Å²) >= 11 is 0. The minimum absolute atomic E-state index is 0.0129. The molecule has 0 N–H and O–H groups in total. The van der Waals surface area contributed by atoms with E-state index < -0.39 is 0 Å². The summed E-state index contributed by atoms with van der Waals surface area (Å²) in [4.78, 5) is 42.5. The number of ether oxygens (including phenoxy) is 6. The Balaban J connectivity index is 0.993. The Morgan fingerprint density at radius 3 is 2.09 bits per heavy atom. The Bertz CT molecular complexity index is 2860. The molecule has 5 aromatic carbocycles. The van der Waals surface area contributed by atoms with Crippen LogP contribution in [0.3, 0.4) is 0 Å². The summed E-state index contributed by atoms with van der Waals surface area (Å²) < 4.78 is 36.4. The number of carbonyl (C=O) groups is 2. The SMILES string of the molecule is CC=NOCCCSSC(C)(C)CN(CCOCCOCCOC)c1cc(COc2cc3c(cc2C)C(=O)N2c4ccccc4C[C@H]2CC3)cc(COc2cc3c(cc2OC)C(=O)N2c4ccccc4C[C@H]2CN3C)c1. The second-order valence-electron chi connectivity index (χ2n) is 20.5. The summed E-state index contributed by atoms with van der Waals surface area (Å²) in [7, 11) is 9.03. The van der Waals surface area contributed by atoms with E-state index in [1.165, 1.54) is 11.1 Å². The van der Waals surface area contributed by atoms with Gasteiger partial charge in [0.2, 0.25) is 0 Å². The molecular formula is C60H73N5O9S2. The van der Waals surface area contributed by atoms with Gasteiger partial charge >= 0.3 is 0 Å². The van der Waals surface area contributed by atoms with Crippen LogP contribution in [0.25, 0.3) is 0 Å². The maximum atomic E-state index is 14.4. The summed E-state index contributed by atoms with van der Waals surface area (Å²) in [5.41, 5.74) is 11.4. The normalized spacial score (nSPS) is 16.6. The summed E-state index contributed by atoms with van der Waals surface area (Å²) in [6.45, 7) is 14.0. The van der Waals surface area contributed by atoms with Crippen LogP contribution >= 0.6 is 21.6 Å². The zero-order valence-electron chi connectivity index (χ0n) is 45.1. The highest BCUT2D eigenvalue weighted by Crippen LogP contribution is 2.44. The quantitative estimate of drug-likeness (QED) is 0.0226. The lowest BCUT2D eigenvalue weighted by atomic mass is 9.98. The molecule has 16 heteroatoms. The Morgan fingerprint density at radius 1 is 0.724 bits per heavy atom. The largest absolute Gasteiger partial charge is 0.493 e. The van der Waals surface area contributed by atoms with Crippen LogP contribution in [0, 0.1) is 6.92 Å². The van der Waals surface area contributed by atoms with E-state index in [4.69, 9.17) is 33.3 Å². The van der Waals surface area contributed by atoms with Gasteiger partial charge in [-0.05, 0) is 142 Å². The first-order chi connectivity index (χ1) is 36.9. The molecule has 0 fully saturated rings. The fourth-order valence-electron chi connectivity index (χ4n) is 10.8. The van der Waals surface area contributed by atoms with Crippen LogP contribution in [-0.4, -0.2) is 121 Å². The number of anilines is 4. The van der Waals surface area contributed by atoms with Gasteiger partial charge in [-0.3, -0.25) is 9.59 Å². The van der Waals surface area contributed by atoms with Gasteiger partial charge in [0.05, 0.1) is 57.4 Å². The number of aryl methyl sites for hydroxylation is 2. The monoisotopic (exact) mass is 1070 g/mol. The van der Waals surface area contributed by atoms with Crippen LogP contribution in [0.5, 0.6) is 17.2 Å². The Morgan fingerprint density at radius 2 is 1.38 bits per heavy atom. The highest BCUT2D eigenvalue weighted by molar-refractivity contribution is 8.77. The minimum Gasteiger partial charge on any atom is -0.493 e. The van der Waals surface area contributed by atoms with Gasteiger partial charge in [0, 0.05) is 85.2 Å². The van der Waals surface area contributed by atoms with Crippen LogP contribution in [0.15, 0.2) is 96.2 Å². The lowest BCUT2D eigenvalue weighted by Crippen LogP contribution is -2.41. The molecule has 0 aromatic heterocycles. The van der Waals surface area contributed by atoms with E-state index in [-0.39, 0.29) is 41.9 Å². The minimum atomic E-state index is -0.164. The summed E-state index contributed by atoms with van der Waals surface area (Å²) in [6, 6.07) is 31.0. The lowest BCUT2D eigenvalue weighted by molar-refractivity contribution is 0.0264. The van der Waals surface area contributed by atoms with Gasteiger partial charge in [-0.2, -0.15) is 0 Å². The smallest absolute Gasteiger partial charge is 0.260 e. The van der Waals surface area contributed by atoms with Crippen molar-refractivity contribution in [3.63, 3.8) is 0 Å². The second kappa shape index (κ2) is 25.5. The van der Waals surface area contributed by atoms with Crippen molar-refractivity contribution >= 4 is 62.4 Å². The molecule has 0 saturated carbocycles. The fraction of sp³-hybridized carbons (Fsp3) is 0.450. The van der Waals surface area contributed by atoms with Gasteiger partial charge in [0.15, 0.2) is 11.5 Å². The first-order valence-corrected chi connectivity index (χ1v) is 28.8. The van der Waals surface area contributed by atoms with Gasteiger partial charge in [-0.1, -0.05) is 63.1 Å². The number of carbonyl (C=O) groups excluding carboxylic acids is 2. The number of nitrogens with zero attached hydrogens (tertiary/aromatic N) is 5. The molecule has 0 spiro atoms. The predicted molar refractivity (Wildman–Crippen MR) is 307 cm³/mol. The lowest BCUT2D eigenvalue weighted by Gasteiger charge is -2.34. The number of benzene rings is 5. The van der Waals surface area contributed by atoms with Crippen LogP contribution < -0.4 is 33.8 Å². The van der Waals surface area contributed by atoms with E-state index in [0.29, 0.717) is 69.8 Å². The predicted octanol–water partition coefficient (Wildman–Crippen LogP) is 10.8. The van der Waals surface area contributed by atoms with Crippen LogP contribution in [0.2, 0.25) is 0 Å². The van der Waals surface area contributed by atoms with Crippen molar-refractivity contribution in [1.82, 2.24) is 0 Å². The average molecular weight is 1070 g/mol. The van der Waals surface area contributed by atoms with E-state index in [9.17, 15) is 9.59 Å². The number of methoxy groups -OCH3 is 2. The van der Waals surface area contributed by atoms with Crippen molar-refractivity contribution in [3.05, 3.63) is 136 Å². The Labute approximate surface area is 456 Å². The first-order valence-electron chi connectivity index (χ1n) is 26.5. The third kappa shape index (κ3) is 12.9.